The molecule has 0 amide bonds. The Balaban J connectivity index is 2.16. The molecular weight excluding hydrogens is 480 g/mol. The summed E-state index contributed by atoms with van der Waals surface area (Å²) in [5.74, 6) is -0.708. The van der Waals surface area contributed by atoms with Crippen molar-refractivity contribution < 1.29 is 29.3 Å². The lowest BCUT2D eigenvalue weighted by atomic mass is 9.75. The molecule has 200 valence electrons. The molecule has 0 aliphatic heterocycles. The van der Waals surface area contributed by atoms with E-state index in [2.05, 4.69) is 26.1 Å². The average molecular weight is 521 g/mol. The molecule has 0 spiro atoms. The van der Waals surface area contributed by atoms with E-state index in [-0.39, 0.29) is 24.4 Å². The summed E-state index contributed by atoms with van der Waals surface area (Å²) >= 11 is 6.84. The molecule has 1 fully saturated rings. The molecule has 36 heavy (non-hydrogen) atoms. The van der Waals surface area contributed by atoms with Gasteiger partial charge in [0.2, 0.25) is 0 Å². The molecule has 1 aromatic carbocycles. The van der Waals surface area contributed by atoms with Crippen molar-refractivity contribution in [3.63, 3.8) is 0 Å². The van der Waals surface area contributed by atoms with Gasteiger partial charge in [0.1, 0.15) is 13.2 Å². The van der Waals surface area contributed by atoms with Gasteiger partial charge in [-0.2, -0.15) is 0 Å². The largest absolute Gasteiger partial charge is 0.461 e. The molecule has 1 aliphatic rings. The first-order valence-corrected chi connectivity index (χ1v) is 13.3. The number of aliphatic hydroxyl groups excluding tert-OH is 2. The van der Waals surface area contributed by atoms with E-state index in [0.717, 1.165) is 24.3 Å². The predicted octanol–water partition coefficient (Wildman–Crippen LogP) is 5.77. The maximum Gasteiger partial charge on any atom is 0.335 e. The van der Waals surface area contributed by atoms with Crippen molar-refractivity contribution in [3.8, 4) is 0 Å². The van der Waals surface area contributed by atoms with E-state index in [9.17, 15) is 9.59 Å². The summed E-state index contributed by atoms with van der Waals surface area (Å²) in [6.07, 6.45) is 9.99. The molecule has 6 nitrogen and oxygen atoms in total. The Morgan fingerprint density at radius 2 is 1.56 bits per heavy atom. The van der Waals surface area contributed by atoms with E-state index >= 15 is 0 Å². The average Bonchev–Trinajstić information content (AvgIpc) is 2.89. The molecule has 0 radical (unpaired) electrons. The van der Waals surface area contributed by atoms with Gasteiger partial charge in [-0.15, -0.1) is 0 Å². The number of carbonyl (C=O) groups excluding carboxylic acids is 2. The third-order valence-electron chi connectivity index (χ3n) is 7.19. The van der Waals surface area contributed by atoms with Gasteiger partial charge >= 0.3 is 11.9 Å². The molecule has 2 rings (SSSR count). The van der Waals surface area contributed by atoms with Gasteiger partial charge < -0.3 is 19.7 Å². The highest BCUT2D eigenvalue weighted by Gasteiger charge is 2.27. The van der Waals surface area contributed by atoms with E-state index < -0.39 is 31.1 Å². The van der Waals surface area contributed by atoms with Crippen LogP contribution in [0.25, 0.3) is 0 Å². The fourth-order valence-electron chi connectivity index (χ4n) is 4.84. The second-order valence-electron chi connectivity index (χ2n) is 9.81. The maximum atomic E-state index is 12.1. The first-order chi connectivity index (χ1) is 17.2. The highest BCUT2D eigenvalue weighted by atomic mass is 35.5. The summed E-state index contributed by atoms with van der Waals surface area (Å²) in [7, 11) is 0. The van der Waals surface area contributed by atoms with Crippen LogP contribution in [0.4, 0.5) is 0 Å². The van der Waals surface area contributed by atoms with Crippen LogP contribution in [0.1, 0.15) is 86.8 Å². The van der Waals surface area contributed by atoms with Gasteiger partial charge in [-0.3, -0.25) is 0 Å². The Bertz CT molecular complexity index is 885. The summed E-state index contributed by atoms with van der Waals surface area (Å²) in [5, 5.41) is 18.8. The van der Waals surface area contributed by atoms with Crippen LogP contribution >= 0.6 is 11.6 Å². The summed E-state index contributed by atoms with van der Waals surface area (Å²) in [4.78, 5) is 24.1. The zero-order valence-electron chi connectivity index (χ0n) is 21.7. The van der Waals surface area contributed by atoms with Crippen LogP contribution in [0, 0.1) is 12.8 Å². The summed E-state index contributed by atoms with van der Waals surface area (Å²) in [5.41, 5.74) is 2.80. The lowest BCUT2D eigenvalue weighted by molar-refractivity contribution is -0.142. The SMILES string of the molecule is C=C(CO)C(=O)OCC(COC(=O)C(=C)CO)c1ccc(C2CCC(CCCCC)CC2)c(C)c1Cl. The van der Waals surface area contributed by atoms with Crippen LogP contribution in [0.3, 0.4) is 0 Å². The van der Waals surface area contributed by atoms with E-state index in [4.69, 9.17) is 31.3 Å². The Labute approximate surface area is 220 Å². The number of rotatable bonds is 14. The van der Waals surface area contributed by atoms with Gasteiger partial charge in [-0.25, -0.2) is 9.59 Å². The third kappa shape index (κ3) is 8.46. The molecule has 0 unspecified atom stereocenters. The predicted molar refractivity (Wildman–Crippen MR) is 142 cm³/mol. The van der Waals surface area contributed by atoms with Crippen molar-refractivity contribution in [2.45, 2.75) is 77.0 Å². The summed E-state index contributed by atoms with van der Waals surface area (Å²) in [6.45, 7) is 9.95. The number of aliphatic hydroxyl groups is 2. The molecule has 7 heteroatoms. The van der Waals surface area contributed by atoms with E-state index in [1.807, 2.05) is 13.0 Å². The Hall–Kier alpha value is -2.15. The molecule has 0 aromatic heterocycles. The van der Waals surface area contributed by atoms with Crippen molar-refractivity contribution in [1.82, 2.24) is 0 Å². The molecule has 0 saturated heterocycles. The fraction of sp³-hybridized carbons (Fsp3) is 0.586. The third-order valence-corrected chi connectivity index (χ3v) is 7.69. The van der Waals surface area contributed by atoms with Crippen molar-refractivity contribution >= 4 is 23.5 Å². The first-order valence-electron chi connectivity index (χ1n) is 12.9. The topological polar surface area (TPSA) is 93.1 Å². The van der Waals surface area contributed by atoms with Gasteiger partial charge in [-0.05, 0) is 61.1 Å². The normalized spacial score (nSPS) is 17.6. The second kappa shape index (κ2) is 15.2. The van der Waals surface area contributed by atoms with Crippen molar-refractivity contribution in [3.05, 3.63) is 58.1 Å². The number of ether oxygens (including phenoxy) is 2. The molecule has 0 heterocycles. The minimum absolute atomic E-state index is 0.0673. The smallest absolute Gasteiger partial charge is 0.335 e. The second-order valence-corrected chi connectivity index (χ2v) is 10.2. The van der Waals surface area contributed by atoms with E-state index in [0.29, 0.717) is 16.5 Å². The molecule has 0 bridgehead atoms. The van der Waals surface area contributed by atoms with Gasteiger partial charge in [0, 0.05) is 5.02 Å². The van der Waals surface area contributed by atoms with Gasteiger partial charge in [0.15, 0.2) is 0 Å². The van der Waals surface area contributed by atoms with Crippen LogP contribution in [0.15, 0.2) is 36.4 Å². The molecule has 1 aromatic rings. The minimum atomic E-state index is -0.728. The lowest BCUT2D eigenvalue weighted by Gasteiger charge is -2.30. The molecule has 1 aliphatic carbocycles. The summed E-state index contributed by atoms with van der Waals surface area (Å²) < 4.78 is 10.6. The van der Waals surface area contributed by atoms with Gasteiger partial charge in [0.05, 0.1) is 30.3 Å². The highest BCUT2D eigenvalue weighted by Crippen LogP contribution is 2.41. The number of benzene rings is 1. The molecular formula is C29H41ClO6. The molecule has 2 N–H and O–H groups in total. The lowest BCUT2D eigenvalue weighted by Crippen LogP contribution is -2.22. The summed E-state index contributed by atoms with van der Waals surface area (Å²) in [6, 6.07) is 4.01. The van der Waals surface area contributed by atoms with Crippen molar-refractivity contribution in [2.24, 2.45) is 5.92 Å². The molecule has 0 atom stereocenters. The zero-order chi connectivity index (χ0) is 26.7. The number of halogens is 1. The monoisotopic (exact) mass is 520 g/mol. The number of hydrogen-bond donors (Lipinski definition) is 2. The first kappa shape index (κ1) is 30.1. The Morgan fingerprint density at radius 3 is 2.06 bits per heavy atom. The standard InChI is InChI=1S/C29H41ClO6/c1-5-6-7-8-22-9-11-23(12-10-22)25-13-14-26(27(30)21(25)4)24(17-35-28(33)19(2)15-31)18-36-29(34)20(3)16-32/h13-14,22-24,31-32H,2-3,5-12,15-18H2,1,4H3. The number of carbonyl (C=O) groups is 2. The minimum Gasteiger partial charge on any atom is -0.461 e. The maximum absolute atomic E-state index is 12.1. The van der Waals surface area contributed by atoms with Crippen molar-refractivity contribution in [2.75, 3.05) is 26.4 Å². The molecule has 1 saturated carbocycles. The Kier molecular flexibility index (Phi) is 12.7. The van der Waals surface area contributed by atoms with Gasteiger partial charge in [0.25, 0.3) is 0 Å². The Morgan fingerprint density at radius 1 is 1.00 bits per heavy atom. The van der Waals surface area contributed by atoms with Gasteiger partial charge in [-0.1, -0.05) is 69.5 Å². The number of unbranched alkanes of at least 4 members (excludes halogenated alkanes) is 2. The van der Waals surface area contributed by atoms with E-state index in [1.165, 1.54) is 44.1 Å². The van der Waals surface area contributed by atoms with E-state index in [1.54, 1.807) is 0 Å². The van der Waals surface area contributed by atoms with Crippen molar-refractivity contribution in [1.29, 1.82) is 0 Å². The zero-order valence-corrected chi connectivity index (χ0v) is 22.4. The van der Waals surface area contributed by atoms with Crippen LogP contribution in [0.2, 0.25) is 5.02 Å². The van der Waals surface area contributed by atoms with Crippen LogP contribution in [0.5, 0.6) is 0 Å². The fourth-order valence-corrected chi connectivity index (χ4v) is 5.16. The van der Waals surface area contributed by atoms with Crippen LogP contribution in [-0.4, -0.2) is 48.6 Å². The number of esters is 2. The number of hydrogen-bond acceptors (Lipinski definition) is 6. The van der Waals surface area contributed by atoms with Crippen LogP contribution < -0.4 is 0 Å². The highest BCUT2D eigenvalue weighted by molar-refractivity contribution is 6.32. The van der Waals surface area contributed by atoms with Crippen LogP contribution in [-0.2, 0) is 19.1 Å². The quantitative estimate of drug-likeness (QED) is 0.184.